The first-order valence-corrected chi connectivity index (χ1v) is 3.64. The molecule has 0 bridgehead atoms. The van der Waals surface area contributed by atoms with Gasteiger partial charge in [-0.15, -0.1) is 0 Å². The molecule has 1 saturated heterocycles. The van der Waals surface area contributed by atoms with E-state index in [1.54, 1.807) is 0 Å². The molecule has 0 aromatic rings. The first-order valence-electron chi connectivity index (χ1n) is 3.64. The fourth-order valence-electron chi connectivity index (χ4n) is 1.31. The molecule has 0 aromatic heterocycles. The van der Waals surface area contributed by atoms with E-state index in [-0.39, 0.29) is 32.7 Å². The summed E-state index contributed by atoms with van der Waals surface area (Å²) in [6.07, 6.45) is 4.70. The van der Waals surface area contributed by atoms with Crippen molar-refractivity contribution < 1.29 is 32.7 Å². The fraction of sp³-hybridized carbons (Fsp3) is 0.750. The number of hydrogen-bond acceptors (Lipinski definition) is 1. The molecule has 2 heteroatoms. The molecule has 1 aliphatic rings. The van der Waals surface area contributed by atoms with Crippen LogP contribution in [0.5, 0.6) is 0 Å². The number of hydrogen-bond donors (Lipinski definition) is 0. The molecular formula is C8H15NY-2. The monoisotopic (exact) mass is 214 g/mol. The third-order valence-electron chi connectivity index (χ3n) is 1.93. The summed E-state index contributed by atoms with van der Waals surface area (Å²) in [5.41, 5.74) is 0. The van der Waals surface area contributed by atoms with Crippen molar-refractivity contribution in [3.63, 3.8) is 0 Å². The van der Waals surface area contributed by atoms with Gasteiger partial charge in [0, 0.05) is 32.7 Å². The Bertz CT molecular complexity index is 85.3. The molecule has 1 atom stereocenters. The third-order valence-corrected chi connectivity index (χ3v) is 1.93. The Morgan fingerprint density at radius 1 is 1.70 bits per heavy atom. The largest absolute Gasteiger partial charge is 0.345 e. The zero-order valence-electron chi connectivity index (χ0n) is 6.71. The van der Waals surface area contributed by atoms with E-state index < -0.39 is 0 Å². The average molecular weight is 214 g/mol. The molecule has 1 heterocycles. The summed E-state index contributed by atoms with van der Waals surface area (Å²) >= 11 is 0. The molecule has 57 valence electrons. The summed E-state index contributed by atoms with van der Waals surface area (Å²) < 4.78 is 0. The molecule has 10 heavy (non-hydrogen) atoms. The van der Waals surface area contributed by atoms with Crippen LogP contribution in [0, 0.1) is 19.3 Å². The first kappa shape index (κ1) is 11.1. The van der Waals surface area contributed by atoms with Gasteiger partial charge in [-0.25, -0.2) is 6.42 Å². The van der Waals surface area contributed by atoms with Crippen LogP contribution in [0.15, 0.2) is 0 Å². The Kier molecular flexibility index (Phi) is 6.29. The van der Waals surface area contributed by atoms with E-state index in [4.69, 9.17) is 0 Å². The number of nitrogens with zero attached hydrogens (tertiary/aromatic N) is 1. The van der Waals surface area contributed by atoms with Gasteiger partial charge >= 0.3 is 0 Å². The van der Waals surface area contributed by atoms with Gasteiger partial charge < -0.3 is 18.2 Å². The predicted molar refractivity (Wildman–Crippen MR) is 39.9 cm³/mol. The van der Waals surface area contributed by atoms with Gasteiger partial charge in [0.15, 0.2) is 0 Å². The minimum Gasteiger partial charge on any atom is -0.345 e. The van der Waals surface area contributed by atoms with E-state index in [0.29, 0.717) is 0 Å². The van der Waals surface area contributed by atoms with Crippen LogP contribution < -0.4 is 0 Å². The summed E-state index contributed by atoms with van der Waals surface area (Å²) in [5, 5.41) is 0. The second kappa shape index (κ2) is 5.68. The van der Waals surface area contributed by atoms with Gasteiger partial charge in [-0.2, -0.15) is 12.3 Å². The van der Waals surface area contributed by atoms with Crippen LogP contribution in [0.1, 0.15) is 12.8 Å². The van der Waals surface area contributed by atoms with Gasteiger partial charge in [0.05, 0.1) is 0 Å². The van der Waals surface area contributed by atoms with Crippen molar-refractivity contribution in [3.8, 4) is 0 Å². The summed E-state index contributed by atoms with van der Waals surface area (Å²) in [7, 11) is 2.18. The van der Waals surface area contributed by atoms with E-state index in [0.717, 1.165) is 12.3 Å². The van der Waals surface area contributed by atoms with Crippen molar-refractivity contribution in [3.05, 3.63) is 13.3 Å². The molecule has 1 aliphatic heterocycles. The van der Waals surface area contributed by atoms with Gasteiger partial charge in [-0.05, 0) is 20.1 Å². The van der Waals surface area contributed by atoms with Crippen LogP contribution >= 0.6 is 0 Å². The number of rotatable bonds is 1. The SMILES string of the molecule is [CH2-]CC1[CH-]CCN(C)C1.[Y]. The minimum absolute atomic E-state index is 0. The Hall–Kier alpha value is 1.06. The van der Waals surface area contributed by atoms with E-state index in [2.05, 4.69) is 25.3 Å². The van der Waals surface area contributed by atoms with Crippen LogP contribution in [0.2, 0.25) is 0 Å². The van der Waals surface area contributed by atoms with Crippen LogP contribution in [0.25, 0.3) is 0 Å². The van der Waals surface area contributed by atoms with Crippen molar-refractivity contribution >= 4 is 0 Å². The van der Waals surface area contributed by atoms with E-state index in [9.17, 15) is 0 Å². The van der Waals surface area contributed by atoms with Crippen LogP contribution in [-0.4, -0.2) is 25.0 Å². The molecule has 1 rings (SSSR count). The van der Waals surface area contributed by atoms with Crippen molar-refractivity contribution in [2.45, 2.75) is 12.8 Å². The molecule has 0 aromatic carbocycles. The van der Waals surface area contributed by atoms with Gasteiger partial charge in [-0.3, -0.25) is 0 Å². The maximum Gasteiger partial charge on any atom is 0 e. The van der Waals surface area contributed by atoms with Gasteiger partial charge in [0.2, 0.25) is 0 Å². The molecule has 1 unspecified atom stereocenters. The molecular weight excluding hydrogens is 199 g/mol. The van der Waals surface area contributed by atoms with E-state index in [1.165, 1.54) is 19.5 Å². The quantitative estimate of drug-likeness (QED) is 0.596. The third kappa shape index (κ3) is 3.45. The van der Waals surface area contributed by atoms with Gasteiger partial charge in [0.25, 0.3) is 0 Å². The number of likely N-dealkylation sites (tertiary alicyclic amines) is 1. The second-order valence-corrected chi connectivity index (χ2v) is 2.84. The smallest absolute Gasteiger partial charge is 0 e. The van der Waals surface area contributed by atoms with Crippen molar-refractivity contribution in [1.82, 2.24) is 4.90 Å². The Labute approximate surface area is 89.4 Å². The minimum atomic E-state index is 0. The van der Waals surface area contributed by atoms with Crippen LogP contribution in [0.4, 0.5) is 0 Å². The Morgan fingerprint density at radius 3 is 2.80 bits per heavy atom. The van der Waals surface area contributed by atoms with Gasteiger partial charge in [-0.1, -0.05) is 0 Å². The summed E-state index contributed by atoms with van der Waals surface area (Å²) in [6.45, 7) is 6.33. The molecule has 0 aliphatic carbocycles. The molecule has 0 saturated carbocycles. The molecule has 1 nitrogen and oxygen atoms in total. The molecule has 1 radical (unpaired) electrons. The van der Waals surface area contributed by atoms with Crippen molar-refractivity contribution in [1.29, 1.82) is 0 Å². The van der Waals surface area contributed by atoms with Crippen molar-refractivity contribution in [2.24, 2.45) is 5.92 Å². The average Bonchev–Trinajstić information content (AvgIpc) is 1.88. The maximum absolute atomic E-state index is 3.89. The molecule has 0 spiro atoms. The van der Waals surface area contributed by atoms with Crippen molar-refractivity contribution in [2.75, 3.05) is 20.1 Å². The Balaban J connectivity index is 0.000000810. The Morgan fingerprint density at radius 2 is 2.40 bits per heavy atom. The predicted octanol–water partition coefficient (Wildman–Crippen LogP) is 1.36. The number of piperidine rings is 1. The zero-order valence-corrected chi connectivity index (χ0v) is 9.55. The summed E-state index contributed by atoms with van der Waals surface area (Å²) in [6, 6.07) is 0. The second-order valence-electron chi connectivity index (χ2n) is 2.84. The van der Waals surface area contributed by atoms with Gasteiger partial charge in [0.1, 0.15) is 0 Å². The summed E-state index contributed by atoms with van der Waals surface area (Å²) in [4.78, 5) is 2.37. The van der Waals surface area contributed by atoms with E-state index in [1.807, 2.05) is 0 Å². The maximum atomic E-state index is 3.89. The first-order chi connectivity index (χ1) is 4.33. The standard InChI is InChI=1S/C8H15N.Y/c1-3-8-5-4-6-9(2)7-8;/h5,8H,1,3-4,6-7H2,2H3;/q-2;. The fourth-order valence-corrected chi connectivity index (χ4v) is 1.31. The molecule has 0 amide bonds. The summed E-state index contributed by atoms with van der Waals surface area (Å²) in [5.74, 6) is 0.753. The zero-order chi connectivity index (χ0) is 6.69. The molecule has 0 N–H and O–H groups in total. The van der Waals surface area contributed by atoms with Crippen LogP contribution in [0.3, 0.4) is 0 Å². The van der Waals surface area contributed by atoms with E-state index >= 15 is 0 Å². The normalized spacial score (nSPS) is 27.6. The molecule has 1 fully saturated rings. The topological polar surface area (TPSA) is 3.24 Å². The van der Waals surface area contributed by atoms with Crippen LogP contribution in [-0.2, 0) is 32.7 Å².